The lowest BCUT2D eigenvalue weighted by Crippen LogP contribution is -2.58. The van der Waals surface area contributed by atoms with Crippen molar-refractivity contribution in [2.45, 2.75) is 38.6 Å². The second kappa shape index (κ2) is 6.39. The van der Waals surface area contributed by atoms with E-state index in [1.807, 2.05) is 19.1 Å². The molecule has 2 saturated heterocycles. The van der Waals surface area contributed by atoms with Gasteiger partial charge in [0, 0.05) is 22.5 Å². The smallest absolute Gasteiger partial charge is 0.214 e. The molecule has 3 rings (SSSR count). The Hall–Kier alpha value is -2.30. The van der Waals surface area contributed by atoms with Crippen LogP contribution in [0.25, 0.3) is 0 Å². The largest absolute Gasteiger partial charge is 0.448 e. The van der Waals surface area contributed by atoms with E-state index in [9.17, 15) is 15.8 Å². The Kier molecular flexibility index (Phi) is 4.61. The number of rotatable bonds is 3. The number of ether oxygens (including phenoxy) is 2. The van der Waals surface area contributed by atoms with E-state index in [0.717, 1.165) is 0 Å². The van der Waals surface area contributed by atoms with Crippen LogP contribution in [0.15, 0.2) is 18.2 Å². The molecule has 0 aliphatic carbocycles. The highest BCUT2D eigenvalue weighted by molar-refractivity contribution is 6.33. The zero-order chi connectivity index (χ0) is 20.0. The summed E-state index contributed by atoms with van der Waals surface area (Å²) < 4.78 is 11.8. The van der Waals surface area contributed by atoms with E-state index in [1.165, 1.54) is 12.1 Å². The fourth-order valence-corrected chi connectivity index (χ4v) is 4.71. The SMILES string of the molecule is CCCC1C2(C)OC(=N)C1(C#N)C(C#N)(C#N)C(c1cc(Cl)ccc1Cl)O2. The van der Waals surface area contributed by atoms with Crippen molar-refractivity contribution >= 4 is 29.1 Å². The van der Waals surface area contributed by atoms with E-state index >= 15 is 0 Å². The molecule has 1 aromatic rings. The van der Waals surface area contributed by atoms with Crippen LogP contribution in [0.3, 0.4) is 0 Å². The van der Waals surface area contributed by atoms with Crippen LogP contribution in [0.1, 0.15) is 38.4 Å². The molecule has 6 nitrogen and oxygen atoms in total. The number of hydrogen-bond donors (Lipinski definition) is 1. The molecule has 2 bridgehead atoms. The van der Waals surface area contributed by atoms with Crippen LogP contribution in [0, 0.1) is 56.2 Å². The van der Waals surface area contributed by atoms with Gasteiger partial charge in [0.15, 0.2) is 5.41 Å². The first-order valence-corrected chi connectivity index (χ1v) is 9.16. The molecule has 1 N–H and O–H groups in total. The molecule has 0 spiro atoms. The Balaban J connectivity index is 2.36. The van der Waals surface area contributed by atoms with Crippen LogP contribution in [0.5, 0.6) is 0 Å². The predicted molar refractivity (Wildman–Crippen MR) is 97.6 cm³/mol. The van der Waals surface area contributed by atoms with Gasteiger partial charge in [-0.2, -0.15) is 15.8 Å². The molecular weight excluding hydrogens is 387 g/mol. The number of benzene rings is 1. The summed E-state index contributed by atoms with van der Waals surface area (Å²) in [5.74, 6) is -2.41. The van der Waals surface area contributed by atoms with Gasteiger partial charge in [0.1, 0.15) is 6.10 Å². The van der Waals surface area contributed by atoms with Crippen molar-refractivity contribution in [3.8, 4) is 18.2 Å². The third kappa shape index (κ3) is 2.30. The molecule has 2 heterocycles. The quantitative estimate of drug-likeness (QED) is 0.782. The molecule has 2 aliphatic rings. The molecule has 4 unspecified atom stereocenters. The van der Waals surface area contributed by atoms with Crippen LogP contribution < -0.4 is 0 Å². The minimum Gasteiger partial charge on any atom is -0.448 e. The summed E-state index contributed by atoms with van der Waals surface area (Å²) in [5, 5.41) is 39.3. The van der Waals surface area contributed by atoms with Gasteiger partial charge in [-0.15, -0.1) is 0 Å². The minimum absolute atomic E-state index is 0.246. The average Bonchev–Trinajstić information content (AvgIpc) is 2.81. The molecule has 4 atom stereocenters. The topological polar surface area (TPSA) is 114 Å². The summed E-state index contributed by atoms with van der Waals surface area (Å²) >= 11 is 12.4. The van der Waals surface area contributed by atoms with Gasteiger partial charge in [-0.1, -0.05) is 36.5 Å². The van der Waals surface area contributed by atoms with Gasteiger partial charge in [0.25, 0.3) is 0 Å². The van der Waals surface area contributed by atoms with E-state index in [0.29, 0.717) is 23.4 Å². The van der Waals surface area contributed by atoms with Crippen molar-refractivity contribution < 1.29 is 9.47 Å². The summed E-state index contributed by atoms with van der Waals surface area (Å²) in [6, 6.07) is 10.7. The molecule has 27 heavy (non-hydrogen) atoms. The fourth-order valence-electron chi connectivity index (χ4n) is 4.31. The summed E-state index contributed by atoms with van der Waals surface area (Å²) in [5.41, 5.74) is -3.50. The normalized spacial score (nSPS) is 33.4. The fraction of sp³-hybridized carbons (Fsp3) is 0.474. The zero-order valence-corrected chi connectivity index (χ0v) is 16.2. The van der Waals surface area contributed by atoms with Crippen molar-refractivity contribution in [1.29, 1.82) is 21.2 Å². The van der Waals surface area contributed by atoms with Crippen LogP contribution in [0.2, 0.25) is 10.0 Å². The van der Waals surface area contributed by atoms with Crippen LogP contribution in [0.4, 0.5) is 0 Å². The maximum atomic E-state index is 10.1. The first-order valence-electron chi connectivity index (χ1n) is 8.40. The molecule has 1 aromatic carbocycles. The second-order valence-corrected chi connectivity index (χ2v) is 7.75. The molecule has 138 valence electrons. The van der Waals surface area contributed by atoms with Gasteiger partial charge >= 0.3 is 0 Å². The monoisotopic (exact) mass is 402 g/mol. The van der Waals surface area contributed by atoms with E-state index in [1.54, 1.807) is 13.0 Å². The van der Waals surface area contributed by atoms with Crippen LogP contribution in [-0.4, -0.2) is 11.7 Å². The molecule has 0 aromatic heterocycles. The van der Waals surface area contributed by atoms with E-state index in [4.69, 9.17) is 38.1 Å². The number of nitrogens with one attached hydrogen (secondary N) is 1. The van der Waals surface area contributed by atoms with Crippen molar-refractivity contribution in [2.75, 3.05) is 0 Å². The number of nitriles is 3. The summed E-state index contributed by atoms with van der Waals surface area (Å²) in [7, 11) is 0. The molecule has 0 amide bonds. The third-order valence-corrected chi connectivity index (χ3v) is 6.11. The minimum atomic E-state index is -2.02. The van der Waals surface area contributed by atoms with Gasteiger partial charge in [-0.05, 0) is 24.6 Å². The standard InChI is InChI=1S/C19H16Cl2N4O2/c1-3-4-14-17(2)26-15(12-7-11(20)5-6-13(12)21)18(8-22,9-23)19(14,10-24)16(25)27-17/h5-7,14-15,25H,3-4H2,1-2H3. The Bertz CT molecular complexity index is 930. The van der Waals surface area contributed by atoms with Crippen molar-refractivity contribution in [1.82, 2.24) is 0 Å². The van der Waals surface area contributed by atoms with E-state index in [2.05, 4.69) is 6.07 Å². The van der Waals surface area contributed by atoms with Crippen LogP contribution in [-0.2, 0) is 9.47 Å². The Morgan fingerprint density at radius 3 is 2.41 bits per heavy atom. The maximum Gasteiger partial charge on any atom is 0.214 e. The third-order valence-electron chi connectivity index (χ3n) is 5.53. The summed E-state index contributed by atoms with van der Waals surface area (Å²) in [6.45, 7) is 3.54. The summed E-state index contributed by atoms with van der Waals surface area (Å²) in [6.07, 6.45) is -0.0912. The average molecular weight is 403 g/mol. The highest BCUT2D eigenvalue weighted by atomic mass is 35.5. The van der Waals surface area contributed by atoms with Crippen molar-refractivity contribution in [3.05, 3.63) is 33.8 Å². The molecule has 2 aliphatic heterocycles. The maximum absolute atomic E-state index is 10.1. The Labute approximate surface area is 167 Å². The Morgan fingerprint density at radius 1 is 1.19 bits per heavy atom. The summed E-state index contributed by atoms with van der Waals surface area (Å²) in [4.78, 5) is 0. The van der Waals surface area contributed by atoms with E-state index < -0.39 is 34.5 Å². The van der Waals surface area contributed by atoms with E-state index in [-0.39, 0.29) is 5.02 Å². The van der Waals surface area contributed by atoms with Gasteiger partial charge in [0.2, 0.25) is 17.1 Å². The second-order valence-electron chi connectivity index (χ2n) is 6.90. The molecule has 0 radical (unpaired) electrons. The number of halogens is 2. The van der Waals surface area contributed by atoms with Crippen molar-refractivity contribution in [2.24, 2.45) is 16.7 Å². The van der Waals surface area contributed by atoms with Gasteiger partial charge < -0.3 is 9.47 Å². The first kappa shape index (κ1) is 19.5. The number of nitrogens with zero attached hydrogens (tertiary/aromatic N) is 3. The molecule has 0 saturated carbocycles. The highest BCUT2D eigenvalue weighted by Crippen LogP contribution is 2.67. The van der Waals surface area contributed by atoms with Gasteiger partial charge in [-0.25, -0.2) is 0 Å². The first-order chi connectivity index (χ1) is 12.8. The van der Waals surface area contributed by atoms with Crippen LogP contribution >= 0.6 is 23.2 Å². The molecule has 2 fully saturated rings. The van der Waals surface area contributed by atoms with Gasteiger partial charge in [-0.3, -0.25) is 5.41 Å². The van der Waals surface area contributed by atoms with Crippen molar-refractivity contribution in [3.63, 3.8) is 0 Å². The lowest BCUT2D eigenvalue weighted by atomic mass is 9.53. The predicted octanol–water partition coefficient (Wildman–Crippen LogP) is 4.75. The lowest BCUT2D eigenvalue weighted by molar-refractivity contribution is -0.273. The van der Waals surface area contributed by atoms with Gasteiger partial charge in [0.05, 0.1) is 24.1 Å². The highest BCUT2D eigenvalue weighted by Gasteiger charge is 2.79. The molecule has 8 heteroatoms. The number of fused-ring (bicyclic) bond motifs is 2. The lowest BCUT2D eigenvalue weighted by Gasteiger charge is -2.49. The molecular formula is C19H16Cl2N4O2. The number of hydrogen-bond acceptors (Lipinski definition) is 6. The Morgan fingerprint density at radius 2 is 1.85 bits per heavy atom. The zero-order valence-electron chi connectivity index (χ0n) is 14.7.